The number of methoxy groups -OCH3 is 1. The summed E-state index contributed by atoms with van der Waals surface area (Å²) in [6, 6.07) is 16.1. The van der Waals surface area contributed by atoms with Crippen molar-refractivity contribution in [3.05, 3.63) is 54.1 Å². The van der Waals surface area contributed by atoms with Crippen molar-refractivity contribution in [3.63, 3.8) is 0 Å². The summed E-state index contributed by atoms with van der Waals surface area (Å²) in [5.74, 6) is 1.43. The Labute approximate surface area is 168 Å². The van der Waals surface area contributed by atoms with Gasteiger partial charge in [-0.25, -0.2) is 0 Å². The lowest BCUT2D eigenvalue weighted by Gasteiger charge is -2.38. The van der Waals surface area contributed by atoms with Crippen molar-refractivity contribution >= 4 is 17.3 Å². The van der Waals surface area contributed by atoms with E-state index in [0.717, 1.165) is 43.3 Å². The number of piperazine rings is 1. The van der Waals surface area contributed by atoms with E-state index in [4.69, 9.17) is 4.74 Å². The Morgan fingerprint density at radius 1 is 0.964 bits per heavy atom. The Bertz CT molecular complexity index is 781. The van der Waals surface area contributed by atoms with Crippen molar-refractivity contribution in [1.82, 2.24) is 4.90 Å². The summed E-state index contributed by atoms with van der Waals surface area (Å²) < 4.78 is 5.48. The molecule has 1 N–H and O–H groups in total. The largest absolute Gasteiger partial charge is 0.495 e. The minimum Gasteiger partial charge on any atom is -0.495 e. The van der Waals surface area contributed by atoms with E-state index in [9.17, 15) is 4.79 Å². The van der Waals surface area contributed by atoms with Gasteiger partial charge in [0.05, 0.1) is 18.8 Å². The van der Waals surface area contributed by atoms with Gasteiger partial charge in [0, 0.05) is 31.9 Å². The lowest BCUT2D eigenvalue weighted by atomic mass is 10.0. The molecule has 1 aliphatic heterocycles. The van der Waals surface area contributed by atoms with Gasteiger partial charge < -0.3 is 15.0 Å². The number of para-hydroxylation sites is 2. The second kappa shape index (κ2) is 9.11. The third-order valence-corrected chi connectivity index (χ3v) is 5.51. The number of ether oxygens (including phenoxy) is 1. The molecule has 0 bridgehead atoms. The minimum atomic E-state index is -0.162. The number of rotatable bonds is 6. The first-order chi connectivity index (χ1) is 13.5. The summed E-state index contributed by atoms with van der Waals surface area (Å²) in [5, 5.41) is 3.05. The monoisotopic (exact) mass is 381 g/mol. The summed E-state index contributed by atoms with van der Waals surface area (Å²) in [7, 11) is 1.70. The zero-order chi connectivity index (χ0) is 20.1. The Morgan fingerprint density at radius 2 is 1.61 bits per heavy atom. The molecule has 1 atom stereocenters. The van der Waals surface area contributed by atoms with Crippen LogP contribution in [0.2, 0.25) is 0 Å². The molecule has 1 heterocycles. The van der Waals surface area contributed by atoms with Crippen LogP contribution >= 0.6 is 0 Å². The van der Waals surface area contributed by atoms with E-state index in [1.807, 2.05) is 37.3 Å². The zero-order valence-electron chi connectivity index (χ0n) is 17.3. The van der Waals surface area contributed by atoms with Crippen LogP contribution < -0.4 is 15.0 Å². The zero-order valence-corrected chi connectivity index (χ0v) is 17.3. The second-order valence-corrected chi connectivity index (χ2v) is 7.64. The molecule has 5 nitrogen and oxygen atoms in total. The van der Waals surface area contributed by atoms with Crippen molar-refractivity contribution in [2.45, 2.75) is 32.7 Å². The number of carbonyl (C=O) groups excluding carboxylic acids is 1. The summed E-state index contributed by atoms with van der Waals surface area (Å²) >= 11 is 0. The van der Waals surface area contributed by atoms with E-state index in [-0.39, 0.29) is 11.9 Å². The van der Waals surface area contributed by atoms with Crippen LogP contribution in [0.5, 0.6) is 5.75 Å². The first-order valence-corrected chi connectivity index (χ1v) is 10.0. The van der Waals surface area contributed by atoms with Crippen LogP contribution in [0.25, 0.3) is 0 Å². The standard InChI is InChI=1S/C23H31N3O2/c1-17(2)19-9-11-20(12-10-19)24-23(27)18(3)25-13-15-26(16-14-25)21-7-5-6-8-22(21)28-4/h5-12,17-18H,13-16H2,1-4H3,(H,24,27)/t18-/m0/s1. The maximum atomic E-state index is 12.7. The molecule has 1 aliphatic rings. The maximum Gasteiger partial charge on any atom is 0.241 e. The SMILES string of the molecule is COc1ccccc1N1CCN([C@@H](C)C(=O)Nc2ccc(C(C)C)cc2)CC1. The van der Waals surface area contributed by atoms with Crippen LogP contribution in [0.15, 0.2) is 48.5 Å². The summed E-state index contributed by atoms with van der Waals surface area (Å²) in [5.41, 5.74) is 3.25. The predicted molar refractivity (Wildman–Crippen MR) is 115 cm³/mol. The van der Waals surface area contributed by atoms with Crippen LogP contribution in [-0.2, 0) is 4.79 Å². The Morgan fingerprint density at radius 3 is 2.21 bits per heavy atom. The van der Waals surface area contributed by atoms with E-state index >= 15 is 0 Å². The quantitative estimate of drug-likeness (QED) is 0.822. The van der Waals surface area contributed by atoms with Gasteiger partial charge in [-0.05, 0) is 42.7 Å². The maximum absolute atomic E-state index is 12.7. The van der Waals surface area contributed by atoms with Crippen LogP contribution in [0.1, 0.15) is 32.3 Å². The number of anilines is 2. The lowest BCUT2D eigenvalue weighted by Crippen LogP contribution is -2.52. The van der Waals surface area contributed by atoms with E-state index in [1.165, 1.54) is 5.56 Å². The fraction of sp³-hybridized carbons (Fsp3) is 0.435. The number of hydrogen-bond donors (Lipinski definition) is 1. The molecular weight excluding hydrogens is 350 g/mol. The van der Waals surface area contributed by atoms with E-state index in [0.29, 0.717) is 5.92 Å². The molecule has 0 unspecified atom stereocenters. The van der Waals surface area contributed by atoms with Gasteiger partial charge >= 0.3 is 0 Å². The van der Waals surface area contributed by atoms with Crippen molar-refractivity contribution < 1.29 is 9.53 Å². The smallest absolute Gasteiger partial charge is 0.241 e. The van der Waals surface area contributed by atoms with Crippen molar-refractivity contribution in [1.29, 1.82) is 0 Å². The lowest BCUT2D eigenvalue weighted by molar-refractivity contribution is -0.120. The Kier molecular flexibility index (Phi) is 6.57. The highest BCUT2D eigenvalue weighted by molar-refractivity contribution is 5.94. The molecule has 3 rings (SSSR count). The molecule has 1 fully saturated rings. The van der Waals surface area contributed by atoms with Gasteiger partial charge in [-0.15, -0.1) is 0 Å². The molecule has 5 heteroatoms. The van der Waals surface area contributed by atoms with Crippen molar-refractivity contribution in [3.8, 4) is 5.75 Å². The molecule has 0 aliphatic carbocycles. The molecule has 150 valence electrons. The van der Waals surface area contributed by atoms with Crippen LogP contribution in [0.3, 0.4) is 0 Å². The Hall–Kier alpha value is -2.53. The molecule has 2 aromatic carbocycles. The van der Waals surface area contributed by atoms with Gasteiger partial charge in [-0.3, -0.25) is 9.69 Å². The second-order valence-electron chi connectivity index (χ2n) is 7.64. The predicted octanol–water partition coefficient (Wildman–Crippen LogP) is 3.97. The van der Waals surface area contributed by atoms with Gasteiger partial charge in [-0.1, -0.05) is 38.1 Å². The number of nitrogens with one attached hydrogen (secondary N) is 1. The number of amides is 1. The van der Waals surface area contributed by atoms with E-state index < -0.39 is 0 Å². The Balaban J connectivity index is 1.55. The normalized spacial score (nSPS) is 16.1. The average molecular weight is 382 g/mol. The first-order valence-electron chi connectivity index (χ1n) is 10.0. The molecular formula is C23H31N3O2. The van der Waals surface area contributed by atoms with Gasteiger partial charge in [0.1, 0.15) is 5.75 Å². The van der Waals surface area contributed by atoms with Gasteiger partial charge in [0.15, 0.2) is 0 Å². The minimum absolute atomic E-state index is 0.0445. The van der Waals surface area contributed by atoms with Gasteiger partial charge in [-0.2, -0.15) is 0 Å². The highest BCUT2D eigenvalue weighted by atomic mass is 16.5. The van der Waals surface area contributed by atoms with Crippen molar-refractivity contribution in [2.24, 2.45) is 0 Å². The highest BCUT2D eigenvalue weighted by Crippen LogP contribution is 2.28. The number of nitrogens with zero attached hydrogens (tertiary/aromatic N) is 2. The highest BCUT2D eigenvalue weighted by Gasteiger charge is 2.26. The fourth-order valence-corrected chi connectivity index (χ4v) is 3.61. The first kappa shape index (κ1) is 20.2. The number of hydrogen-bond acceptors (Lipinski definition) is 4. The molecule has 1 amide bonds. The summed E-state index contributed by atoms with van der Waals surface area (Å²) in [4.78, 5) is 17.3. The molecule has 2 aromatic rings. The van der Waals surface area contributed by atoms with E-state index in [1.54, 1.807) is 7.11 Å². The molecule has 0 spiro atoms. The summed E-state index contributed by atoms with van der Waals surface area (Å²) in [6.45, 7) is 9.76. The molecule has 0 aromatic heterocycles. The van der Waals surface area contributed by atoms with Gasteiger partial charge in [0.2, 0.25) is 5.91 Å². The van der Waals surface area contributed by atoms with Crippen LogP contribution in [0, 0.1) is 0 Å². The third kappa shape index (κ3) is 4.65. The molecule has 1 saturated heterocycles. The molecule has 0 saturated carbocycles. The van der Waals surface area contributed by atoms with E-state index in [2.05, 4.69) is 47.2 Å². The molecule has 0 radical (unpaired) electrons. The summed E-state index contributed by atoms with van der Waals surface area (Å²) in [6.07, 6.45) is 0. The van der Waals surface area contributed by atoms with Crippen LogP contribution in [-0.4, -0.2) is 50.1 Å². The fourth-order valence-electron chi connectivity index (χ4n) is 3.61. The van der Waals surface area contributed by atoms with Gasteiger partial charge in [0.25, 0.3) is 0 Å². The average Bonchev–Trinajstić information content (AvgIpc) is 2.73. The van der Waals surface area contributed by atoms with Crippen LogP contribution in [0.4, 0.5) is 11.4 Å². The number of benzene rings is 2. The topological polar surface area (TPSA) is 44.8 Å². The van der Waals surface area contributed by atoms with Crippen molar-refractivity contribution in [2.75, 3.05) is 43.5 Å². The number of carbonyl (C=O) groups is 1. The molecule has 28 heavy (non-hydrogen) atoms. The third-order valence-electron chi connectivity index (χ3n) is 5.51.